The van der Waals surface area contributed by atoms with Gasteiger partial charge in [0.25, 0.3) is 0 Å². The first-order valence-electron chi connectivity index (χ1n) is 13.1. The number of carbonyl (C=O) groups is 2. The number of Topliss-reactive ketones (excluding diaryl/α,β-unsaturated/α-hetero) is 1. The summed E-state index contributed by atoms with van der Waals surface area (Å²) >= 11 is 0. The summed E-state index contributed by atoms with van der Waals surface area (Å²) in [5.74, 6) is 1.43. The van der Waals surface area contributed by atoms with Gasteiger partial charge in [-0.25, -0.2) is 4.39 Å². The molecule has 1 aromatic carbocycles. The summed E-state index contributed by atoms with van der Waals surface area (Å²) in [7, 11) is 0. The summed E-state index contributed by atoms with van der Waals surface area (Å²) < 4.78 is 13.7. The fourth-order valence-electron chi connectivity index (χ4n) is 5.43. The molecule has 1 saturated carbocycles. The van der Waals surface area contributed by atoms with E-state index in [0.29, 0.717) is 36.2 Å². The molecular weight excluding hydrogens is 435 g/mol. The van der Waals surface area contributed by atoms with Crippen LogP contribution < -0.4 is 0 Å². The van der Waals surface area contributed by atoms with E-state index in [9.17, 15) is 14.0 Å². The van der Waals surface area contributed by atoms with Gasteiger partial charge in [-0.15, -0.1) is 0 Å². The van der Waals surface area contributed by atoms with Crippen molar-refractivity contribution in [1.82, 2.24) is 0 Å². The first-order chi connectivity index (χ1) is 16.7. The Kier molecular flexibility index (Phi) is 11.6. The molecule has 0 amide bonds. The summed E-state index contributed by atoms with van der Waals surface area (Å²) in [6, 6.07) is 6.74. The summed E-state index contributed by atoms with van der Waals surface area (Å²) in [5, 5.41) is 0. The van der Waals surface area contributed by atoms with Gasteiger partial charge in [-0.3, -0.25) is 9.59 Å². The average molecular weight is 479 g/mol. The summed E-state index contributed by atoms with van der Waals surface area (Å²) in [4.78, 5) is 25.2. The number of ketones is 2. The van der Waals surface area contributed by atoms with Crippen LogP contribution in [0, 0.1) is 23.6 Å². The maximum absolute atomic E-state index is 13.7. The largest absolute Gasteiger partial charge is 0.295 e. The second-order valence-electron chi connectivity index (χ2n) is 10.5. The van der Waals surface area contributed by atoms with Crippen molar-refractivity contribution in [3.8, 4) is 0 Å². The van der Waals surface area contributed by atoms with E-state index < -0.39 is 0 Å². The predicted molar refractivity (Wildman–Crippen MR) is 145 cm³/mol. The molecule has 190 valence electrons. The fourth-order valence-corrected chi connectivity index (χ4v) is 5.43. The molecule has 3 unspecified atom stereocenters. The van der Waals surface area contributed by atoms with E-state index in [1.165, 1.54) is 12.1 Å². The highest BCUT2D eigenvalue weighted by molar-refractivity contribution is 5.98. The van der Waals surface area contributed by atoms with Crippen molar-refractivity contribution in [2.24, 2.45) is 17.8 Å². The molecule has 1 fully saturated rings. The van der Waals surface area contributed by atoms with Crippen LogP contribution in [0.25, 0.3) is 0 Å². The van der Waals surface area contributed by atoms with Gasteiger partial charge in [0.05, 0.1) is 0 Å². The van der Waals surface area contributed by atoms with Gasteiger partial charge in [0.15, 0.2) is 11.6 Å². The lowest BCUT2D eigenvalue weighted by molar-refractivity contribution is -0.117. The zero-order chi connectivity index (χ0) is 26.0. The molecule has 0 heterocycles. The summed E-state index contributed by atoms with van der Waals surface area (Å²) in [6.07, 6.45) is 12.2. The van der Waals surface area contributed by atoms with Gasteiger partial charge < -0.3 is 0 Å². The lowest BCUT2D eigenvalue weighted by atomic mass is 9.82. The van der Waals surface area contributed by atoms with Crippen molar-refractivity contribution in [3.63, 3.8) is 0 Å². The Morgan fingerprint density at radius 1 is 1.14 bits per heavy atom. The smallest absolute Gasteiger partial charge is 0.163 e. The Bertz CT molecular complexity index is 964. The molecule has 0 saturated heterocycles. The van der Waals surface area contributed by atoms with E-state index in [0.717, 1.165) is 55.2 Å². The van der Waals surface area contributed by atoms with E-state index in [1.54, 1.807) is 18.2 Å². The van der Waals surface area contributed by atoms with E-state index in [-0.39, 0.29) is 23.3 Å². The Morgan fingerprint density at radius 2 is 1.89 bits per heavy atom. The van der Waals surface area contributed by atoms with Gasteiger partial charge in [-0.1, -0.05) is 63.6 Å². The summed E-state index contributed by atoms with van der Waals surface area (Å²) in [5.41, 5.74) is 3.86. The van der Waals surface area contributed by atoms with Crippen LogP contribution in [0.4, 0.5) is 4.39 Å². The van der Waals surface area contributed by atoms with Crippen molar-refractivity contribution in [1.29, 1.82) is 0 Å². The van der Waals surface area contributed by atoms with Crippen LogP contribution in [0.1, 0.15) is 90.5 Å². The summed E-state index contributed by atoms with van der Waals surface area (Å²) in [6.45, 7) is 15.9. The van der Waals surface area contributed by atoms with Crippen molar-refractivity contribution in [2.45, 2.75) is 85.0 Å². The number of halogens is 1. The zero-order valence-corrected chi connectivity index (χ0v) is 22.1. The van der Waals surface area contributed by atoms with Crippen molar-refractivity contribution in [3.05, 3.63) is 83.8 Å². The monoisotopic (exact) mass is 478 g/mol. The Labute approximate surface area is 212 Å². The van der Waals surface area contributed by atoms with Crippen molar-refractivity contribution in [2.75, 3.05) is 0 Å². The Balaban J connectivity index is 2.07. The zero-order valence-electron chi connectivity index (χ0n) is 22.1. The number of hydrogen-bond donors (Lipinski definition) is 0. The average Bonchev–Trinajstić information content (AvgIpc) is 3.29. The molecule has 0 aromatic heterocycles. The maximum atomic E-state index is 13.7. The van der Waals surface area contributed by atoms with Gasteiger partial charge in [-0.05, 0) is 98.6 Å². The lowest BCUT2D eigenvalue weighted by Gasteiger charge is -2.22. The molecule has 1 aromatic rings. The Morgan fingerprint density at radius 3 is 2.49 bits per heavy atom. The highest BCUT2D eigenvalue weighted by Gasteiger charge is 2.32. The van der Waals surface area contributed by atoms with Gasteiger partial charge in [-0.2, -0.15) is 0 Å². The predicted octanol–water partition coefficient (Wildman–Crippen LogP) is 8.71. The molecule has 0 spiro atoms. The minimum Gasteiger partial charge on any atom is -0.295 e. The van der Waals surface area contributed by atoms with Crippen molar-refractivity contribution >= 4 is 11.6 Å². The molecule has 0 radical (unpaired) electrons. The first kappa shape index (κ1) is 28.7. The second kappa shape index (κ2) is 14.1. The molecule has 35 heavy (non-hydrogen) atoms. The van der Waals surface area contributed by atoms with E-state index in [1.807, 2.05) is 12.1 Å². The number of hydrogen-bond acceptors (Lipinski definition) is 2. The number of rotatable bonds is 14. The molecule has 1 aliphatic carbocycles. The molecule has 0 aliphatic heterocycles. The molecule has 1 aliphatic rings. The normalized spacial score (nSPS) is 19.6. The molecule has 2 nitrogen and oxygen atoms in total. The molecule has 0 bridgehead atoms. The second-order valence-corrected chi connectivity index (χ2v) is 10.5. The molecule has 2 rings (SSSR count). The van der Waals surface area contributed by atoms with Gasteiger partial charge in [0, 0.05) is 18.4 Å². The standard InChI is InChI=1S/C32H43FO2/c1-7-11-27(21-31(34)9-3)28-15-14-24(17-28)18-32(35)25(8-2)19-29(22(4)5)16-23(6)26-12-10-13-30(33)20-26/h8-10,12-13,19-20,23-24,27-28H,2-3,7,11,14-18,21H2,1,4-6H3/b25-19+/t23?,24?,27?,28-/m0/s1. The Hall–Kier alpha value is -2.55. The minimum atomic E-state index is -0.226. The highest BCUT2D eigenvalue weighted by Crippen LogP contribution is 2.41. The maximum Gasteiger partial charge on any atom is 0.163 e. The van der Waals surface area contributed by atoms with Gasteiger partial charge >= 0.3 is 0 Å². The van der Waals surface area contributed by atoms with Crippen LogP contribution in [0.15, 0.2) is 72.4 Å². The molecular formula is C32H43FO2. The molecule has 0 N–H and O–H groups in total. The van der Waals surface area contributed by atoms with Crippen LogP contribution in [0.3, 0.4) is 0 Å². The number of benzene rings is 1. The topological polar surface area (TPSA) is 34.1 Å². The molecule has 4 atom stereocenters. The van der Waals surface area contributed by atoms with Crippen LogP contribution in [0.2, 0.25) is 0 Å². The number of carbonyl (C=O) groups excluding carboxylic acids is 2. The van der Waals surface area contributed by atoms with Gasteiger partial charge in [0.2, 0.25) is 0 Å². The van der Waals surface area contributed by atoms with E-state index >= 15 is 0 Å². The lowest BCUT2D eigenvalue weighted by Crippen LogP contribution is -2.16. The fraction of sp³-hybridized carbons (Fsp3) is 0.500. The molecule has 3 heteroatoms. The van der Waals surface area contributed by atoms with Crippen LogP contribution >= 0.6 is 0 Å². The third-order valence-corrected chi connectivity index (χ3v) is 7.53. The van der Waals surface area contributed by atoms with Crippen LogP contribution in [0.5, 0.6) is 0 Å². The van der Waals surface area contributed by atoms with E-state index in [4.69, 9.17) is 0 Å². The third-order valence-electron chi connectivity index (χ3n) is 7.53. The quantitative estimate of drug-likeness (QED) is 0.198. The van der Waals surface area contributed by atoms with E-state index in [2.05, 4.69) is 40.9 Å². The van der Waals surface area contributed by atoms with Crippen LogP contribution in [-0.4, -0.2) is 11.6 Å². The number of allylic oxidation sites excluding steroid dienone is 6. The van der Waals surface area contributed by atoms with Crippen LogP contribution in [-0.2, 0) is 9.59 Å². The first-order valence-corrected chi connectivity index (χ1v) is 13.1. The van der Waals surface area contributed by atoms with Crippen molar-refractivity contribution < 1.29 is 14.0 Å². The highest BCUT2D eigenvalue weighted by atomic mass is 19.1. The third kappa shape index (κ3) is 8.87. The SMILES string of the molecule is C=CC(=O)CC(CCC)[C@H]1CCC(CC(=O)/C(C=C)=C/C(CC(C)c2cccc(F)c2)=C(C)C)C1. The van der Waals surface area contributed by atoms with Gasteiger partial charge in [0.1, 0.15) is 5.82 Å². The minimum absolute atomic E-state index is 0.126.